The number of hydrogen-bond acceptors (Lipinski definition) is 8. The van der Waals surface area contributed by atoms with Crippen LogP contribution in [0, 0.1) is 0 Å². The number of benzene rings is 7. The van der Waals surface area contributed by atoms with Crippen LogP contribution in [0.1, 0.15) is 225 Å². The molecule has 0 aliphatic rings. The molecule has 0 saturated heterocycles. The third-order valence-electron chi connectivity index (χ3n) is 15.4. The molecule has 0 saturated carbocycles. The van der Waals surface area contributed by atoms with Crippen molar-refractivity contribution in [1.82, 2.24) is 0 Å². The zero-order valence-corrected chi connectivity index (χ0v) is 49.6. The minimum atomic E-state index is -0.541. The number of carbonyl (C=O) groups excluding carboxylic acids is 2. The van der Waals surface area contributed by atoms with Crippen molar-refractivity contribution in [2.45, 2.75) is 194 Å². The lowest BCUT2D eigenvalue weighted by Crippen LogP contribution is -2.10. The average Bonchev–Trinajstić information content (AvgIpc) is 3.54. The second kappa shape index (κ2) is 37.1. The maximum absolute atomic E-state index is 13.2. The fraction of sp³-hybridized carbons (Fsp3) is 0.432. The number of nitrogens with zero attached hydrogens (tertiary/aromatic N) is 2. The van der Waals surface area contributed by atoms with Gasteiger partial charge in [-0.1, -0.05) is 223 Å². The van der Waals surface area contributed by atoms with Gasteiger partial charge in [-0.3, -0.25) is 9.98 Å². The standard InChI is InChI=1S/C74H92N2O6/c1-3-5-7-9-11-13-15-17-19-21-23-25-27-29-50-79-69-48-42-63-52-59(34-36-65(63)54-69)57-75-67-44-38-61(39-45-67)73(77)81-71-32-31-33-72(56-71)82-74(78)62-40-46-68(47-41-62)76-58-60-35-37-66-55-70(49-43-64(66)53-60)80-51-30-28-26-24-22-20-18-16-14-12-10-8-6-4-2/h31-49,52-58H,3-30,50-51H2,1-2H3. The van der Waals surface area contributed by atoms with Gasteiger partial charge in [0.2, 0.25) is 0 Å². The highest BCUT2D eigenvalue weighted by atomic mass is 16.5. The van der Waals surface area contributed by atoms with Crippen molar-refractivity contribution in [3.8, 4) is 23.0 Å². The predicted octanol–water partition coefficient (Wildman–Crippen LogP) is 21.7. The summed E-state index contributed by atoms with van der Waals surface area (Å²) in [6.45, 7) is 6.05. The first-order valence-corrected chi connectivity index (χ1v) is 31.6. The van der Waals surface area contributed by atoms with Gasteiger partial charge in [0, 0.05) is 18.5 Å². The molecule has 0 aromatic heterocycles. The summed E-state index contributed by atoms with van der Waals surface area (Å²) < 4.78 is 23.6. The molecule has 8 nitrogen and oxygen atoms in total. The molecule has 0 aliphatic carbocycles. The largest absolute Gasteiger partial charge is 0.494 e. The van der Waals surface area contributed by atoms with Crippen LogP contribution in [0.15, 0.2) is 156 Å². The van der Waals surface area contributed by atoms with Crippen LogP contribution in [-0.2, 0) is 0 Å². The Kier molecular flexibility index (Phi) is 28.3. The highest BCUT2D eigenvalue weighted by Gasteiger charge is 2.13. The Bertz CT molecular complexity index is 2820. The van der Waals surface area contributed by atoms with Crippen LogP contribution < -0.4 is 18.9 Å². The van der Waals surface area contributed by atoms with Crippen molar-refractivity contribution in [3.63, 3.8) is 0 Å². The van der Waals surface area contributed by atoms with E-state index in [9.17, 15) is 9.59 Å². The molecule has 0 fully saturated rings. The van der Waals surface area contributed by atoms with E-state index in [1.807, 2.05) is 36.7 Å². The summed E-state index contributed by atoms with van der Waals surface area (Å²) in [6, 6.07) is 45.3. The Hall–Kier alpha value is -7.06. The zero-order chi connectivity index (χ0) is 57.1. The lowest BCUT2D eigenvalue weighted by molar-refractivity contribution is 0.0732. The van der Waals surface area contributed by atoms with Gasteiger partial charge in [-0.05, 0) is 143 Å². The number of aliphatic imine (C=N–C) groups is 2. The zero-order valence-electron chi connectivity index (χ0n) is 49.6. The van der Waals surface area contributed by atoms with E-state index >= 15 is 0 Å². The molecule has 0 radical (unpaired) electrons. The normalized spacial score (nSPS) is 11.5. The SMILES string of the molecule is CCCCCCCCCCCCCCCCOc1ccc2cc(C=Nc3ccc(C(=O)Oc4cccc(OC(=O)c5ccc(N=Cc6ccc7cc(OCCCCCCCCCCCCCCCC)ccc7c6)cc5)c4)cc3)ccc2c1. The smallest absolute Gasteiger partial charge is 0.343 e. The van der Waals surface area contributed by atoms with E-state index < -0.39 is 11.9 Å². The molecule has 434 valence electrons. The van der Waals surface area contributed by atoms with Crippen LogP contribution in [0.25, 0.3) is 21.5 Å². The molecule has 7 aromatic rings. The summed E-state index contributed by atoms with van der Waals surface area (Å²) in [5.41, 5.74) is 4.07. The van der Waals surface area contributed by atoms with Crippen molar-refractivity contribution in [2.75, 3.05) is 13.2 Å². The van der Waals surface area contributed by atoms with Crippen molar-refractivity contribution in [1.29, 1.82) is 0 Å². The quantitative estimate of drug-likeness (QED) is 0.0164. The number of ether oxygens (including phenoxy) is 4. The Morgan fingerprint density at radius 1 is 0.329 bits per heavy atom. The minimum Gasteiger partial charge on any atom is -0.494 e. The molecule has 0 bridgehead atoms. The van der Waals surface area contributed by atoms with E-state index in [1.54, 1.807) is 66.7 Å². The van der Waals surface area contributed by atoms with Crippen LogP contribution in [-0.4, -0.2) is 37.6 Å². The van der Waals surface area contributed by atoms with Crippen molar-refractivity contribution >= 4 is 57.3 Å². The lowest BCUT2D eigenvalue weighted by Gasteiger charge is -2.08. The monoisotopic (exact) mass is 1100 g/mol. The maximum atomic E-state index is 13.2. The van der Waals surface area contributed by atoms with Gasteiger partial charge in [0.1, 0.15) is 23.0 Å². The van der Waals surface area contributed by atoms with Crippen molar-refractivity contribution in [3.05, 3.63) is 168 Å². The summed E-state index contributed by atoms with van der Waals surface area (Å²) in [7, 11) is 0. The molecule has 0 heterocycles. The van der Waals surface area contributed by atoms with Crippen LogP contribution in [0.4, 0.5) is 11.4 Å². The fourth-order valence-electron chi connectivity index (χ4n) is 10.4. The van der Waals surface area contributed by atoms with Crippen LogP contribution in [0.3, 0.4) is 0 Å². The first kappa shape index (κ1) is 62.5. The molecule has 0 aliphatic heterocycles. The number of carbonyl (C=O) groups is 2. The predicted molar refractivity (Wildman–Crippen MR) is 343 cm³/mol. The fourth-order valence-corrected chi connectivity index (χ4v) is 10.4. The summed E-state index contributed by atoms with van der Waals surface area (Å²) in [6.07, 6.45) is 41.4. The van der Waals surface area contributed by atoms with Gasteiger partial charge in [-0.25, -0.2) is 9.59 Å². The van der Waals surface area contributed by atoms with Gasteiger partial charge < -0.3 is 18.9 Å². The molecule has 7 aromatic carbocycles. The number of rotatable bonds is 40. The minimum absolute atomic E-state index is 0.250. The Morgan fingerprint density at radius 2 is 0.646 bits per heavy atom. The van der Waals surface area contributed by atoms with Crippen molar-refractivity contribution < 1.29 is 28.5 Å². The van der Waals surface area contributed by atoms with E-state index in [-0.39, 0.29) is 11.5 Å². The summed E-state index contributed by atoms with van der Waals surface area (Å²) >= 11 is 0. The Morgan fingerprint density at radius 3 is 1.00 bits per heavy atom. The molecular formula is C74H92N2O6. The van der Waals surface area contributed by atoms with Gasteiger partial charge in [0.05, 0.1) is 35.7 Å². The first-order chi connectivity index (χ1) is 40.4. The van der Waals surface area contributed by atoms with Crippen LogP contribution in [0.2, 0.25) is 0 Å². The van der Waals surface area contributed by atoms with E-state index in [1.165, 1.54) is 173 Å². The molecule has 7 rings (SSSR count). The highest BCUT2D eigenvalue weighted by Crippen LogP contribution is 2.27. The van der Waals surface area contributed by atoms with E-state index in [0.717, 1.165) is 70.2 Å². The van der Waals surface area contributed by atoms with Gasteiger partial charge in [0.15, 0.2) is 0 Å². The molecule has 0 unspecified atom stereocenters. The van der Waals surface area contributed by atoms with Gasteiger partial charge in [0.25, 0.3) is 0 Å². The number of esters is 2. The second-order valence-electron chi connectivity index (χ2n) is 22.3. The van der Waals surface area contributed by atoms with E-state index in [2.05, 4.69) is 72.4 Å². The van der Waals surface area contributed by atoms with E-state index in [0.29, 0.717) is 22.5 Å². The van der Waals surface area contributed by atoms with Gasteiger partial charge in [-0.15, -0.1) is 0 Å². The topological polar surface area (TPSA) is 95.8 Å². The molecule has 0 N–H and O–H groups in total. The molecule has 0 spiro atoms. The molecular weight excluding hydrogens is 1010 g/mol. The Labute approximate surface area is 491 Å². The molecule has 0 amide bonds. The molecule has 8 heteroatoms. The van der Waals surface area contributed by atoms with Crippen molar-refractivity contribution in [2.24, 2.45) is 9.98 Å². The number of fused-ring (bicyclic) bond motifs is 2. The number of unbranched alkanes of at least 4 members (excludes halogenated alkanes) is 26. The van der Waals surface area contributed by atoms with Gasteiger partial charge in [-0.2, -0.15) is 0 Å². The summed E-state index contributed by atoms with van der Waals surface area (Å²) in [5.74, 6) is 1.23. The van der Waals surface area contributed by atoms with Crippen LogP contribution in [0.5, 0.6) is 23.0 Å². The summed E-state index contributed by atoms with van der Waals surface area (Å²) in [5, 5.41) is 4.47. The highest BCUT2D eigenvalue weighted by molar-refractivity contribution is 5.95. The Balaban J connectivity index is 0.764. The third kappa shape index (κ3) is 23.4. The second-order valence-corrected chi connectivity index (χ2v) is 22.3. The number of hydrogen-bond donors (Lipinski definition) is 0. The van der Waals surface area contributed by atoms with E-state index in [4.69, 9.17) is 18.9 Å². The third-order valence-corrected chi connectivity index (χ3v) is 15.4. The summed E-state index contributed by atoms with van der Waals surface area (Å²) in [4.78, 5) is 35.6. The first-order valence-electron chi connectivity index (χ1n) is 31.6. The van der Waals surface area contributed by atoms with Gasteiger partial charge >= 0.3 is 11.9 Å². The van der Waals surface area contributed by atoms with Crippen LogP contribution >= 0.6 is 0 Å². The maximum Gasteiger partial charge on any atom is 0.343 e. The average molecular weight is 1110 g/mol. The molecule has 82 heavy (non-hydrogen) atoms. The lowest BCUT2D eigenvalue weighted by atomic mass is 10.0. The molecule has 0 atom stereocenters.